The van der Waals surface area contributed by atoms with E-state index in [0.29, 0.717) is 37.1 Å². The summed E-state index contributed by atoms with van der Waals surface area (Å²) in [6, 6.07) is 22.7. The van der Waals surface area contributed by atoms with Gasteiger partial charge < -0.3 is 10.6 Å². The molecule has 0 bridgehead atoms. The van der Waals surface area contributed by atoms with E-state index < -0.39 is 36.0 Å². The number of nitrogens with zero attached hydrogens (tertiary/aromatic N) is 2. The van der Waals surface area contributed by atoms with Gasteiger partial charge in [0, 0.05) is 11.4 Å². The average Bonchev–Trinajstić information content (AvgIpc) is 3.41. The molecule has 0 radical (unpaired) electrons. The van der Waals surface area contributed by atoms with Crippen LogP contribution in [0.1, 0.15) is 29.5 Å². The van der Waals surface area contributed by atoms with Crippen LogP contribution in [-0.4, -0.2) is 41.2 Å². The molecule has 1 fully saturated rings. The molecule has 0 aromatic heterocycles. The number of anilines is 2. The number of para-hydroxylation sites is 2. The van der Waals surface area contributed by atoms with Gasteiger partial charge in [-0.15, -0.1) is 0 Å². The first-order valence-electron chi connectivity index (χ1n) is 12.5. The highest BCUT2D eigenvalue weighted by Crippen LogP contribution is 2.41. The average molecular weight is 495 g/mol. The number of aryl methyl sites for hydroxylation is 2. The number of carbonyl (C=O) groups is 4. The number of fused-ring (bicyclic) bond motifs is 3. The van der Waals surface area contributed by atoms with Gasteiger partial charge in [0.25, 0.3) is 5.91 Å². The number of benzene rings is 3. The van der Waals surface area contributed by atoms with Crippen LogP contribution in [0.15, 0.2) is 78.9 Å². The molecule has 3 aromatic carbocycles. The van der Waals surface area contributed by atoms with Crippen molar-refractivity contribution in [2.75, 3.05) is 16.8 Å². The van der Waals surface area contributed by atoms with E-state index in [2.05, 4.69) is 10.6 Å². The lowest BCUT2D eigenvalue weighted by molar-refractivity contribution is -0.134. The molecule has 3 aliphatic rings. The van der Waals surface area contributed by atoms with E-state index in [1.54, 1.807) is 18.2 Å². The summed E-state index contributed by atoms with van der Waals surface area (Å²) in [7, 11) is 0. The fourth-order valence-corrected chi connectivity index (χ4v) is 5.79. The lowest BCUT2D eigenvalue weighted by Gasteiger charge is -2.37. The highest BCUT2D eigenvalue weighted by molar-refractivity contribution is 6.13. The molecule has 0 saturated carbocycles. The molecule has 2 N–H and O–H groups in total. The van der Waals surface area contributed by atoms with Gasteiger partial charge in [0.15, 0.2) is 0 Å². The van der Waals surface area contributed by atoms with Gasteiger partial charge in [-0.05, 0) is 60.6 Å². The first-order valence-corrected chi connectivity index (χ1v) is 12.5. The number of hydrogen-bond donors (Lipinski definition) is 2. The molecule has 8 nitrogen and oxygen atoms in total. The molecule has 3 aromatic rings. The smallest absolute Gasteiger partial charge is 0.324 e. The van der Waals surface area contributed by atoms with Gasteiger partial charge >= 0.3 is 6.03 Å². The Bertz CT molecular complexity index is 1420. The van der Waals surface area contributed by atoms with Crippen LogP contribution in [0, 0.1) is 0 Å². The van der Waals surface area contributed by atoms with Crippen LogP contribution in [0.25, 0.3) is 0 Å². The molecular weight excluding hydrogens is 468 g/mol. The Hall–Kier alpha value is -4.46. The highest BCUT2D eigenvalue weighted by Gasteiger charge is 2.56. The second-order valence-corrected chi connectivity index (χ2v) is 9.69. The fourth-order valence-electron chi connectivity index (χ4n) is 5.79. The van der Waals surface area contributed by atoms with Crippen molar-refractivity contribution in [2.45, 2.75) is 37.3 Å². The SMILES string of the molecule is O=C(Nc1ccccc1)C1CCc2ccccc2N1C(=O)CN1C(=O)NC2(CCc3ccccc32)C1=O. The van der Waals surface area contributed by atoms with Crippen molar-refractivity contribution in [3.05, 3.63) is 95.6 Å². The number of amides is 5. The summed E-state index contributed by atoms with van der Waals surface area (Å²) in [6.45, 7) is -0.446. The Morgan fingerprint density at radius 3 is 2.41 bits per heavy atom. The predicted octanol–water partition coefficient (Wildman–Crippen LogP) is 3.37. The third-order valence-electron chi connectivity index (χ3n) is 7.58. The zero-order valence-electron chi connectivity index (χ0n) is 20.1. The van der Waals surface area contributed by atoms with Crippen LogP contribution in [0.5, 0.6) is 0 Å². The normalized spacial score (nSPS) is 22.0. The van der Waals surface area contributed by atoms with Crippen LogP contribution >= 0.6 is 0 Å². The van der Waals surface area contributed by atoms with E-state index in [9.17, 15) is 19.2 Å². The molecule has 2 heterocycles. The van der Waals surface area contributed by atoms with Crippen molar-refractivity contribution in [1.82, 2.24) is 10.2 Å². The van der Waals surface area contributed by atoms with Gasteiger partial charge in [-0.1, -0.05) is 60.7 Å². The summed E-state index contributed by atoms with van der Waals surface area (Å²) in [5.41, 5.74) is 2.86. The summed E-state index contributed by atoms with van der Waals surface area (Å²) < 4.78 is 0. The molecule has 5 amide bonds. The second-order valence-electron chi connectivity index (χ2n) is 9.69. The molecule has 8 heteroatoms. The Balaban J connectivity index is 1.29. The van der Waals surface area contributed by atoms with Crippen LogP contribution in [0.4, 0.5) is 16.2 Å². The number of carbonyl (C=O) groups excluding carboxylic acids is 4. The van der Waals surface area contributed by atoms with Crippen molar-refractivity contribution in [1.29, 1.82) is 0 Å². The molecule has 2 unspecified atom stereocenters. The maximum Gasteiger partial charge on any atom is 0.325 e. The lowest BCUT2D eigenvalue weighted by Crippen LogP contribution is -2.54. The standard InChI is InChI=1S/C29H26N4O4/c34-25(18-32-27(36)29(31-28(32)37)17-16-19-8-4-6-12-22(19)29)33-23-13-7-5-9-20(23)14-15-24(33)26(35)30-21-10-2-1-3-11-21/h1-13,24H,14-18H2,(H,30,35)(H,31,37). The molecule has 37 heavy (non-hydrogen) atoms. The van der Waals surface area contributed by atoms with Crippen molar-refractivity contribution in [3.63, 3.8) is 0 Å². The second kappa shape index (κ2) is 8.89. The van der Waals surface area contributed by atoms with Crippen molar-refractivity contribution < 1.29 is 19.2 Å². The summed E-state index contributed by atoms with van der Waals surface area (Å²) >= 11 is 0. The Kier molecular flexibility index (Phi) is 5.52. The van der Waals surface area contributed by atoms with E-state index in [1.165, 1.54) is 4.90 Å². The van der Waals surface area contributed by atoms with E-state index in [4.69, 9.17) is 0 Å². The van der Waals surface area contributed by atoms with E-state index in [1.807, 2.05) is 60.7 Å². The zero-order chi connectivity index (χ0) is 25.6. The first kappa shape index (κ1) is 23.0. The maximum atomic E-state index is 13.8. The third-order valence-corrected chi connectivity index (χ3v) is 7.58. The number of imide groups is 1. The number of rotatable bonds is 4. The zero-order valence-corrected chi connectivity index (χ0v) is 20.1. The van der Waals surface area contributed by atoms with Gasteiger partial charge in [0.2, 0.25) is 11.8 Å². The summed E-state index contributed by atoms with van der Waals surface area (Å²) in [6.07, 6.45) is 2.19. The number of hydrogen-bond acceptors (Lipinski definition) is 4. The molecule has 186 valence electrons. The van der Waals surface area contributed by atoms with Gasteiger partial charge in [0.1, 0.15) is 18.1 Å². The van der Waals surface area contributed by atoms with E-state index in [0.717, 1.165) is 21.6 Å². The van der Waals surface area contributed by atoms with Gasteiger partial charge in [-0.25, -0.2) is 4.79 Å². The third kappa shape index (κ3) is 3.76. The molecule has 1 aliphatic carbocycles. The quantitative estimate of drug-likeness (QED) is 0.544. The lowest BCUT2D eigenvalue weighted by atomic mass is 9.92. The van der Waals surface area contributed by atoms with Gasteiger partial charge in [0.05, 0.1) is 0 Å². The molecular formula is C29H26N4O4. The Morgan fingerprint density at radius 2 is 1.59 bits per heavy atom. The minimum Gasteiger partial charge on any atom is -0.324 e. The Morgan fingerprint density at radius 1 is 0.892 bits per heavy atom. The minimum atomic E-state index is -1.14. The summed E-state index contributed by atoms with van der Waals surface area (Å²) in [4.78, 5) is 56.2. The number of urea groups is 1. The van der Waals surface area contributed by atoms with Crippen LogP contribution in [0.2, 0.25) is 0 Å². The predicted molar refractivity (Wildman–Crippen MR) is 138 cm³/mol. The van der Waals surface area contributed by atoms with Crippen LogP contribution < -0.4 is 15.5 Å². The first-order chi connectivity index (χ1) is 18.0. The topological polar surface area (TPSA) is 98.8 Å². The molecule has 2 aliphatic heterocycles. The van der Waals surface area contributed by atoms with Gasteiger partial charge in [-0.3, -0.25) is 24.2 Å². The largest absolute Gasteiger partial charge is 0.325 e. The fraction of sp³-hybridized carbons (Fsp3) is 0.241. The molecule has 1 saturated heterocycles. The van der Waals surface area contributed by atoms with Crippen molar-refractivity contribution in [2.24, 2.45) is 0 Å². The summed E-state index contributed by atoms with van der Waals surface area (Å²) in [5.74, 6) is -1.22. The van der Waals surface area contributed by atoms with Crippen molar-refractivity contribution >= 4 is 35.1 Å². The molecule has 1 spiro atoms. The van der Waals surface area contributed by atoms with E-state index in [-0.39, 0.29) is 5.91 Å². The molecule has 2 atom stereocenters. The maximum absolute atomic E-state index is 13.8. The van der Waals surface area contributed by atoms with Crippen molar-refractivity contribution in [3.8, 4) is 0 Å². The van der Waals surface area contributed by atoms with Gasteiger partial charge in [-0.2, -0.15) is 0 Å². The summed E-state index contributed by atoms with van der Waals surface area (Å²) in [5, 5.41) is 5.76. The highest BCUT2D eigenvalue weighted by atomic mass is 16.2. The Labute approximate surface area is 214 Å². The van der Waals surface area contributed by atoms with Crippen LogP contribution in [-0.2, 0) is 32.8 Å². The van der Waals surface area contributed by atoms with E-state index >= 15 is 0 Å². The molecule has 6 rings (SSSR count). The minimum absolute atomic E-state index is 0.313. The van der Waals surface area contributed by atoms with Crippen LogP contribution in [0.3, 0.4) is 0 Å². The number of nitrogens with one attached hydrogen (secondary N) is 2. The monoisotopic (exact) mass is 494 g/mol.